The number of hydrogen-bond acceptors (Lipinski definition) is 3. The molecule has 0 aliphatic carbocycles. The number of rotatable bonds is 5. The molecular formula is C39H26N2O. The van der Waals surface area contributed by atoms with Gasteiger partial charge < -0.3 is 9.32 Å². The SMILES string of the molecule is c1ccc(-c2ccc(-c3ccccc3N(c3ccccc3)c3cccc4c3oc3ccc5ccncc5c34)cc2)cc1. The molecule has 0 bridgehead atoms. The molecule has 3 nitrogen and oxygen atoms in total. The molecule has 42 heavy (non-hydrogen) atoms. The van der Waals surface area contributed by atoms with E-state index in [4.69, 9.17) is 4.42 Å². The van der Waals surface area contributed by atoms with E-state index in [-0.39, 0.29) is 0 Å². The van der Waals surface area contributed by atoms with E-state index in [1.807, 2.05) is 24.5 Å². The Hall–Kier alpha value is -5.67. The van der Waals surface area contributed by atoms with Crippen molar-refractivity contribution in [3.05, 3.63) is 158 Å². The van der Waals surface area contributed by atoms with E-state index < -0.39 is 0 Å². The van der Waals surface area contributed by atoms with Crippen LogP contribution in [0.4, 0.5) is 17.1 Å². The molecule has 0 atom stereocenters. The lowest BCUT2D eigenvalue weighted by atomic mass is 9.98. The van der Waals surface area contributed by atoms with E-state index in [0.29, 0.717) is 0 Å². The van der Waals surface area contributed by atoms with Crippen molar-refractivity contribution >= 4 is 49.8 Å². The quantitative estimate of drug-likeness (QED) is 0.218. The second kappa shape index (κ2) is 10.1. The molecule has 0 fully saturated rings. The molecule has 8 aromatic rings. The van der Waals surface area contributed by atoms with Crippen LogP contribution in [-0.2, 0) is 0 Å². The van der Waals surface area contributed by atoms with Crippen LogP contribution in [0.5, 0.6) is 0 Å². The maximum absolute atomic E-state index is 6.66. The van der Waals surface area contributed by atoms with Crippen molar-refractivity contribution in [2.45, 2.75) is 0 Å². The van der Waals surface area contributed by atoms with Gasteiger partial charge in [0, 0.05) is 39.8 Å². The van der Waals surface area contributed by atoms with Crippen LogP contribution >= 0.6 is 0 Å². The van der Waals surface area contributed by atoms with E-state index in [1.54, 1.807) is 0 Å². The molecule has 0 amide bonds. The highest BCUT2D eigenvalue weighted by atomic mass is 16.3. The van der Waals surface area contributed by atoms with E-state index in [0.717, 1.165) is 60.9 Å². The Labute approximate surface area is 243 Å². The molecule has 0 N–H and O–H groups in total. The van der Waals surface area contributed by atoms with Gasteiger partial charge in [-0.1, -0.05) is 109 Å². The van der Waals surface area contributed by atoms with Gasteiger partial charge in [-0.15, -0.1) is 0 Å². The smallest absolute Gasteiger partial charge is 0.159 e. The van der Waals surface area contributed by atoms with Gasteiger partial charge in [-0.25, -0.2) is 0 Å². The molecule has 0 saturated heterocycles. The lowest BCUT2D eigenvalue weighted by Crippen LogP contribution is -2.11. The predicted octanol–water partition coefficient (Wildman–Crippen LogP) is 10.9. The molecule has 3 heteroatoms. The summed E-state index contributed by atoms with van der Waals surface area (Å²) in [7, 11) is 0. The zero-order valence-electron chi connectivity index (χ0n) is 22.8. The lowest BCUT2D eigenvalue weighted by molar-refractivity contribution is 0.669. The Balaban J connectivity index is 1.34. The van der Waals surface area contributed by atoms with E-state index in [9.17, 15) is 0 Å². The zero-order chi connectivity index (χ0) is 27.9. The molecule has 0 spiro atoms. The Morgan fingerprint density at radius 3 is 2.02 bits per heavy atom. The number of aromatic nitrogens is 1. The molecule has 0 aliphatic rings. The molecule has 0 radical (unpaired) electrons. The number of furan rings is 1. The number of hydrogen-bond donors (Lipinski definition) is 0. The summed E-state index contributed by atoms with van der Waals surface area (Å²) in [6, 6.07) is 51.1. The summed E-state index contributed by atoms with van der Waals surface area (Å²) >= 11 is 0. The van der Waals surface area contributed by atoms with Crippen molar-refractivity contribution in [2.24, 2.45) is 0 Å². The predicted molar refractivity (Wildman–Crippen MR) is 175 cm³/mol. The molecule has 2 aromatic heterocycles. The highest BCUT2D eigenvalue weighted by molar-refractivity contribution is 6.20. The fourth-order valence-corrected chi connectivity index (χ4v) is 5.99. The summed E-state index contributed by atoms with van der Waals surface area (Å²) in [6.45, 7) is 0. The second-order valence-corrected chi connectivity index (χ2v) is 10.4. The van der Waals surface area contributed by atoms with Gasteiger partial charge in [0.2, 0.25) is 0 Å². The maximum atomic E-state index is 6.66. The summed E-state index contributed by atoms with van der Waals surface area (Å²) in [6.07, 6.45) is 3.77. The van der Waals surface area contributed by atoms with Gasteiger partial charge in [-0.2, -0.15) is 0 Å². The van der Waals surface area contributed by atoms with Gasteiger partial charge >= 0.3 is 0 Å². The monoisotopic (exact) mass is 538 g/mol. The number of pyridine rings is 1. The number of benzene rings is 6. The van der Waals surface area contributed by atoms with Crippen LogP contribution in [0.1, 0.15) is 0 Å². The van der Waals surface area contributed by atoms with E-state index >= 15 is 0 Å². The Kier molecular flexibility index (Phi) is 5.79. The topological polar surface area (TPSA) is 29.3 Å². The fourth-order valence-electron chi connectivity index (χ4n) is 5.99. The number of nitrogens with zero attached hydrogens (tertiary/aromatic N) is 2. The van der Waals surface area contributed by atoms with Crippen molar-refractivity contribution in [1.29, 1.82) is 0 Å². The van der Waals surface area contributed by atoms with Gasteiger partial charge in [0.05, 0.1) is 11.4 Å². The first-order chi connectivity index (χ1) is 20.8. The first kappa shape index (κ1) is 24.2. The Morgan fingerprint density at radius 1 is 0.500 bits per heavy atom. The minimum atomic E-state index is 0.849. The minimum absolute atomic E-state index is 0.849. The van der Waals surface area contributed by atoms with Crippen molar-refractivity contribution < 1.29 is 4.42 Å². The molecule has 2 heterocycles. The third-order valence-electron chi connectivity index (χ3n) is 7.96. The molecule has 0 aliphatic heterocycles. The third-order valence-corrected chi connectivity index (χ3v) is 7.96. The number of fused-ring (bicyclic) bond motifs is 5. The van der Waals surface area contributed by atoms with Gasteiger partial charge in [-0.05, 0) is 58.5 Å². The third kappa shape index (κ3) is 4.03. The number of anilines is 3. The van der Waals surface area contributed by atoms with E-state index in [2.05, 4.69) is 143 Å². The maximum Gasteiger partial charge on any atom is 0.159 e. The standard InChI is InChI=1S/C39H26N2O/c1-3-10-27(11-4-1)28-18-20-29(21-19-28)32-14-7-8-16-35(32)41(31-12-5-2-6-13-31)36-17-9-15-33-38-34-26-40-25-24-30(34)22-23-37(38)42-39(33)36/h1-26H. The molecule has 0 unspecified atom stereocenters. The minimum Gasteiger partial charge on any atom is -0.454 e. The molecule has 0 saturated carbocycles. The van der Waals surface area contributed by atoms with Gasteiger partial charge in [-0.3, -0.25) is 4.98 Å². The molecule has 8 rings (SSSR count). The molecule has 6 aromatic carbocycles. The summed E-state index contributed by atoms with van der Waals surface area (Å²) in [5.74, 6) is 0. The normalized spacial score (nSPS) is 11.3. The highest BCUT2D eigenvalue weighted by Gasteiger charge is 2.22. The zero-order valence-corrected chi connectivity index (χ0v) is 22.8. The molecule has 198 valence electrons. The Morgan fingerprint density at radius 2 is 1.19 bits per heavy atom. The average molecular weight is 539 g/mol. The van der Waals surface area contributed by atoms with Crippen molar-refractivity contribution in [3.63, 3.8) is 0 Å². The van der Waals surface area contributed by atoms with Crippen LogP contribution in [0.2, 0.25) is 0 Å². The van der Waals surface area contributed by atoms with Crippen LogP contribution in [0.15, 0.2) is 162 Å². The van der Waals surface area contributed by atoms with Crippen molar-refractivity contribution in [3.8, 4) is 22.3 Å². The van der Waals surface area contributed by atoms with Crippen LogP contribution in [0, 0.1) is 0 Å². The van der Waals surface area contributed by atoms with Gasteiger partial charge in [0.1, 0.15) is 5.58 Å². The largest absolute Gasteiger partial charge is 0.454 e. The van der Waals surface area contributed by atoms with E-state index in [1.165, 1.54) is 11.1 Å². The van der Waals surface area contributed by atoms with Crippen LogP contribution in [-0.4, -0.2) is 4.98 Å². The number of para-hydroxylation sites is 3. The molecular weight excluding hydrogens is 512 g/mol. The van der Waals surface area contributed by atoms with Crippen LogP contribution in [0.3, 0.4) is 0 Å². The van der Waals surface area contributed by atoms with Crippen LogP contribution in [0.25, 0.3) is 55.0 Å². The van der Waals surface area contributed by atoms with Gasteiger partial charge in [0.25, 0.3) is 0 Å². The van der Waals surface area contributed by atoms with Gasteiger partial charge in [0.15, 0.2) is 5.58 Å². The first-order valence-electron chi connectivity index (χ1n) is 14.1. The summed E-state index contributed by atoms with van der Waals surface area (Å²) < 4.78 is 6.66. The lowest BCUT2D eigenvalue weighted by Gasteiger charge is -2.28. The second-order valence-electron chi connectivity index (χ2n) is 10.4. The fraction of sp³-hybridized carbons (Fsp3) is 0. The van der Waals surface area contributed by atoms with Crippen molar-refractivity contribution in [2.75, 3.05) is 4.90 Å². The summed E-state index contributed by atoms with van der Waals surface area (Å²) in [4.78, 5) is 6.73. The van der Waals surface area contributed by atoms with Crippen LogP contribution < -0.4 is 4.90 Å². The average Bonchev–Trinajstić information content (AvgIpc) is 3.46. The Bertz CT molecular complexity index is 2180. The highest BCUT2D eigenvalue weighted by Crippen LogP contribution is 2.46. The summed E-state index contributed by atoms with van der Waals surface area (Å²) in [5.41, 5.74) is 9.54. The first-order valence-corrected chi connectivity index (χ1v) is 14.1. The summed E-state index contributed by atoms with van der Waals surface area (Å²) in [5, 5.41) is 4.41. The van der Waals surface area contributed by atoms with Crippen molar-refractivity contribution in [1.82, 2.24) is 4.98 Å².